The molecule has 51 heavy (non-hydrogen) atoms. The highest BCUT2D eigenvalue weighted by atomic mass is 16.5. The first kappa shape index (κ1) is 41.3. The summed E-state index contributed by atoms with van der Waals surface area (Å²) in [6, 6.07) is 41.7. The van der Waals surface area contributed by atoms with Gasteiger partial charge in [-0.05, 0) is 53.6 Å². The number of hydrogen-bond acceptors (Lipinski definition) is 5. The summed E-state index contributed by atoms with van der Waals surface area (Å²) in [5.74, 6) is 1.60. The highest BCUT2D eigenvalue weighted by Crippen LogP contribution is 2.26. The SMILES string of the molecule is C.C=C(C)C=O.C=NC(=NC(=NCc1ccc(OCCOC)cc1O)c1ccc(-c2ccccc2)cc1)c1ccc(-c2ccccc2)cc1.CC. The largest absolute Gasteiger partial charge is 0.507 e. The van der Waals surface area contributed by atoms with Crippen molar-refractivity contribution in [1.82, 2.24) is 0 Å². The number of methoxy groups -OCH3 is 1. The fraction of sp³-hybridized carbons (Fsp3) is 0.182. The zero-order valence-electron chi connectivity index (χ0n) is 29.3. The zero-order valence-corrected chi connectivity index (χ0v) is 29.3. The molecule has 0 unspecified atom stereocenters. The van der Waals surface area contributed by atoms with E-state index in [1.54, 1.807) is 26.2 Å². The predicted molar refractivity (Wildman–Crippen MR) is 215 cm³/mol. The van der Waals surface area contributed by atoms with Crippen molar-refractivity contribution in [1.29, 1.82) is 0 Å². The summed E-state index contributed by atoms with van der Waals surface area (Å²) in [5.41, 5.74) is 7.31. The summed E-state index contributed by atoms with van der Waals surface area (Å²) >= 11 is 0. The van der Waals surface area contributed by atoms with Crippen LogP contribution in [-0.2, 0) is 16.1 Å². The number of aromatic hydroxyl groups is 1. The molecule has 7 heteroatoms. The lowest BCUT2D eigenvalue weighted by atomic mass is 10.0. The molecule has 0 aliphatic rings. The summed E-state index contributed by atoms with van der Waals surface area (Å²) < 4.78 is 10.6. The zero-order chi connectivity index (χ0) is 36.1. The summed E-state index contributed by atoms with van der Waals surface area (Å²) in [6.07, 6.45) is 0.722. The number of phenols is 1. The molecule has 0 heterocycles. The number of ether oxygens (including phenoxy) is 2. The number of aliphatic imine (C=N–C) groups is 3. The van der Waals surface area contributed by atoms with Gasteiger partial charge in [0.25, 0.3) is 0 Å². The summed E-state index contributed by atoms with van der Waals surface area (Å²) in [4.78, 5) is 23.4. The molecule has 264 valence electrons. The molecule has 5 aromatic carbocycles. The van der Waals surface area contributed by atoms with Crippen molar-refractivity contribution in [3.05, 3.63) is 156 Å². The maximum Gasteiger partial charge on any atom is 0.161 e. The van der Waals surface area contributed by atoms with Crippen molar-refractivity contribution in [2.24, 2.45) is 15.0 Å². The van der Waals surface area contributed by atoms with Gasteiger partial charge in [-0.15, -0.1) is 0 Å². The monoisotopic (exact) mass is 683 g/mol. The Balaban J connectivity index is 0.00000104. The van der Waals surface area contributed by atoms with Crippen LogP contribution < -0.4 is 4.74 Å². The van der Waals surface area contributed by atoms with Crippen molar-refractivity contribution < 1.29 is 19.4 Å². The quantitative estimate of drug-likeness (QED) is 0.0493. The average molecular weight is 684 g/mol. The van der Waals surface area contributed by atoms with Gasteiger partial charge in [0.15, 0.2) is 11.7 Å². The number of phenolic OH excluding ortho intramolecular Hbond substituents is 1. The Hall–Kier alpha value is -5.92. The van der Waals surface area contributed by atoms with Gasteiger partial charge in [-0.3, -0.25) is 9.79 Å². The first-order chi connectivity index (χ1) is 24.4. The van der Waals surface area contributed by atoms with Gasteiger partial charge in [0, 0.05) is 29.9 Å². The van der Waals surface area contributed by atoms with E-state index < -0.39 is 0 Å². The van der Waals surface area contributed by atoms with Gasteiger partial charge >= 0.3 is 0 Å². The molecule has 1 N–H and O–H groups in total. The van der Waals surface area contributed by atoms with Gasteiger partial charge in [-0.25, -0.2) is 9.98 Å². The van der Waals surface area contributed by atoms with Crippen LogP contribution in [-0.4, -0.2) is 50.1 Å². The Kier molecular flexibility index (Phi) is 18.3. The molecule has 5 aromatic rings. The molecule has 0 radical (unpaired) electrons. The van der Waals surface area contributed by atoms with Crippen LogP contribution in [0.1, 0.15) is 44.9 Å². The maximum atomic E-state index is 10.7. The first-order valence-corrected chi connectivity index (χ1v) is 16.4. The van der Waals surface area contributed by atoms with Gasteiger partial charge in [0.2, 0.25) is 0 Å². The molecule has 0 bridgehead atoms. The van der Waals surface area contributed by atoms with E-state index in [2.05, 4.69) is 54.7 Å². The second-order valence-corrected chi connectivity index (χ2v) is 10.7. The summed E-state index contributed by atoms with van der Waals surface area (Å²) in [5, 5.41) is 10.7. The fourth-order valence-electron chi connectivity index (χ4n) is 4.54. The standard InChI is InChI=1S/C37H33N3O3.C4H6O.C2H6.CH4/c1-38-36(31-17-13-29(14-18-31)27-9-5-3-6-10-27)40-37(32-19-15-30(16-20-32)28-11-7-4-8-12-28)39-26-33-21-22-34(25-35(33)41)43-24-23-42-2;1-4(2)3-5;1-2;/h3-22,25,41H,1,23-24,26H2,2H3;3H,1H2,2H3;1-2H3;1H4. The second kappa shape index (κ2) is 22.7. The van der Waals surface area contributed by atoms with E-state index in [-0.39, 0.29) is 19.7 Å². The van der Waals surface area contributed by atoms with Crippen LogP contribution in [0.15, 0.2) is 155 Å². The Labute approximate surface area is 303 Å². The van der Waals surface area contributed by atoms with E-state index in [1.165, 1.54) is 0 Å². The number of aldehydes is 1. The van der Waals surface area contributed by atoms with Crippen molar-refractivity contribution in [2.75, 3.05) is 20.3 Å². The first-order valence-electron chi connectivity index (χ1n) is 16.4. The Bertz CT molecular complexity index is 1850. The van der Waals surface area contributed by atoms with Crippen LogP contribution in [0.5, 0.6) is 11.5 Å². The lowest BCUT2D eigenvalue weighted by Gasteiger charge is -2.10. The number of amidine groups is 2. The number of allylic oxidation sites excluding steroid dienone is 1. The van der Waals surface area contributed by atoms with Gasteiger partial charge < -0.3 is 14.6 Å². The Morgan fingerprint density at radius 1 is 0.725 bits per heavy atom. The highest BCUT2D eigenvalue weighted by Gasteiger charge is 2.10. The third-order valence-electron chi connectivity index (χ3n) is 7.08. The lowest BCUT2D eigenvalue weighted by molar-refractivity contribution is -0.104. The highest BCUT2D eigenvalue weighted by molar-refractivity contribution is 6.12. The number of hydrogen-bond donors (Lipinski definition) is 1. The smallest absolute Gasteiger partial charge is 0.161 e. The van der Waals surface area contributed by atoms with Crippen molar-refractivity contribution >= 4 is 24.7 Å². The number of benzene rings is 5. The van der Waals surface area contributed by atoms with Crippen LogP contribution >= 0.6 is 0 Å². The minimum Gasteiger partial charge on any atom is -0.507 e. The molecule has 0 fully saturated rings. The van der Waals surface area contributed by atoms with Crippen LogP contribution in [0.4, 0.5) is 0 Å². The molecular formula is C44H49N3O4. The third kappa shape index (κ3) is 13.1. The molecule has 0 aromatic heterocycles. The molecular weight excluding hydrogens is 635 g/mol. The number of nitrogens with zero attached hydrogens (tertiary/aromatic N) is 3. The maximum absolute atomic E-state index is 10.7. The topological polar surface area (TPSA) is 92.8 Å². The van der Waals surface area contributed by atoms with E-state index in [4.69, 9.17) is 19.5 Å². The molecule has 0 saturated carbocycles. The summed E-state index contributed by atoms with van der Waals surface area (Å²) in [7, 11) is 1.62. The van der Waals surface area contributed by atoms with E-state index in [1.807, 2.05) is 92.7 Å². The Morgan fingerprint density at radius 3 is 1.63 bits per heavy atom. The van der Waals surface area contributed by atoms with E-state index in [0.717, 1.165) is 39.7 Å². The van der Waals surface area contributed by atoms with Gasteiger partial charge in [-0.1, -0.05) is 137 Å². The third-order valence-corrected chi connectivity index (χ3v) is 7.08. The molecule has 0 aliphatic carbocycles. The minimum atomic E-state index is 0. The average Bonchev–Trinajstić information content (AvgIpc) is 3.17. The molecule has 0 aliphatic heterocycles. The molecule has 0 saturated heterocycles. The molecule has 0 spiro atoms. The van der Waals surface area contributed by atoms with Gasteiger partial charge in [-0.2, -0.15) is 0 Å². The number of carbonyl (C=O) groups excluding carboxylic acids is 1. The second-order valence-electron chi connectivity index (χ2n) is 10.7. The molecule has 5 rings (SSSR count). The van der Waals surface area contributed by atoms with Gasteiger partial charge in [0.1, 0.15) is 24.4 Å². The van der Waals surface area contributed by atoms with Crippen LogP contribution in [0.2, 0.25) is 0 Å². The normalized spacial score (nSPS) is 10.7. The number of rotatable bonds is 11. The van der Waals surface area contributed by atoms with Crippen molar-refractivity contribution in [3.63, 3.8) is 0 Å². The van der Waals surface area contributed by atoms with E-state index in [9.17, 15) is 9.90 Å². The van der Waals surface area contributed by atoms with E-state index in [0.29, 0.717) is 41.8 Å². The minimum absolute atomic E-state index is 0. The van der Waals surface area contributed by atoms with Crippen molar-refractivity contribution in [2.45, 2.75) is 34.7 Å². The molecule has 7 nitrogen and oxygen atoms in total. The van der Waals surface area contributed by atoms with Crippen LogP contribution in [0.3, 0.4) is 0 Å². The van der Waals surface area contributed by atoms with Crippen molar-refractivity contribution in [3.8, 4) is 33.8 Å². The Morgan fingerprint density at radius 2 is 1.20 bits per heavy atom. The van der Waals surface area contributed by atoms with E-state index >= 15 is 0 Å². The molecule has 0 amide bonds. The lowest BCUT2D eigenvalue weighted by Crippen LogP contribution is -2.06. The molecule has 0 atom stereocenters. The fourth-order valence-corrected chi connectivity index (χ4v) is 4.54. The number of carbonyl (C=O) groups is 1. The predicted octanol–water partition coefficient (Wildman–Crippen LogP) is 10.3. The van der Waals surface area contributed by atoms with Crippen LogP contribution in [0.25, 0.3) is 22.3 Å². The van der Waals surface area contributed by atoms with Gasteiger partial charge in [0.05, 0.1) is 13.2 Å². The van der Waals surface area contributed by atoms with Crippen LogP contribution in [0, 0.1) is 0 Å². The summed E-state index contributed by atoms with van der Waals surface area (Å²) in [6.45, 7) is 13.8.